The van der Waals surface area contributed by atoms with Crippen molar-refractivity contribution in [3.63, 3.8) is 0 Å². The predicted octanol–water partition coefficient (Wildman–Crippen LogP) is 2.86. The lowest BCUT2D eigenvalue weighted by atomic mass is 10.1. The molecule has 0 aromatic carbocycles. The van der Waals surface area contributed by atoms with E-state index in [0.29, 0.717) is 6.54 Å². The molecule has 11 heavy (non-hydrogen) atoms. The molecule has 0 fully saturated rings. The lowest BCUT2D eigenvalue weighted by Crippen LogP contribution is -1.94. The van der Waals surface area contributed by atoms with E-state index in [1.165, 1.54) is 37.7 Å². The van der Waals surface area contributed by atoms with Crippen molar-refractivity contribution in [2.45, 2.75) is 46.0 Å². The second-order valence-electron chi connectivity index (χ2n) is 3.10. The molecule has 1 nitrogen and oxygen atoms in total. The van der Waals surface area contributed by atoms with E-state index in [9.17, 15) is 0 Å². The van der Waals surface area contributed by atoms with Gasteiger partial charge in [0.1, 0.15) is 0 Å². The normalized spacial score (nSPS) is 12.1. The summed E-state index contributed by atoms with van der Waals surface area (Å²) in [6.07, 6.45) is 8.74. The third-order valence-electron chi connectivity index (χ3n) is 1.89. The van der Waals surface area contributed by atoms with Gasteiger partial charge in [0.05, 0.1) is 0 Å². The van der Waals surface area contributed by atoms with E-state index in [2.05, 4.69) is 19.9 Å². The Morgan fingerprint density at radius 2 is 2.00 bits per heavy atom. The molecule has 0 unspecified atom stereocenters. The highest BCUT2D eigenvalue weighted by Gasteiger charge is 1.89. The van der Waals surface area contributed by atoms with Crippen molar-refractivity contribution in [3.8, 4) is 0 Å². The molecule has 0 aromatic heterocycles. The van der Waals surface area contributed by atoms with Gasteiger partial charge in [-0.25, -0.2) is 0 Å². The first-order chi connectivity index (χ1) is 5.31. The van der Waals surface area contributed by atoms with E-state index >= 15 is 0 Å². The summed E-state index contributed by atoms with van der Waals surface area (Å²) in [4.78, 5) is 0. The van der Waals surface area contributed by atoms with Gasteiger partial charge in [0.2, 0.25) is 0 Å². The number of nitrogens with two attached hydrogens (primary N) is 1. The smallest absolute Gasteiger partial charge is 0.0109 e. The third kappa shape index (κ3) is 7.60. The maximum atomic E-state index is 5.38. The average molecular weight is 155 g/mol. The molecule has 0 aliphatic rings. The van der Waals surface area contributed by atoms with Crippen molar-refractivity contribution in [2.75, 3.05) is 6.54 Å². The third-order valence-corrected chi connectivity index (χ3v) is 1.89. The Morgan fingerprint density at radius 1 is 1.27 bits per heavy atom. The van der Waals surface area contributed by atoms with E-state index in [1.807, 2.05) is 0 Å². The van der Waals surface area contributed by atoms with Gasteiger partial charge in [-0.2, -0.15) is 0 Å². The van der Waals surface area contributed by atoms with Gasteiger partial charge in [0.25, 0.3) is 0 Å². The molecular formula is C10H21N. The van der Waals surface area contributed by atoms with Gasteiger partial charge in [0, 0.05) is 6.54 Å². The fourth-order valence-electron chi connectivity index (χ4n) is 1.13. The SMILES string of the molecule is CCCCCC/C(C)=C/CN. The zero-order chi connectivity index (χ0) is 8.53. The van der Waals surface area contributed by atoms with Crippen LogP contribution in [0.3, 0.4) is 0 Å². The second-order valence-corrected chi connectivity index (χ2v) is 3.10. The van der Waals surface area contributed by atoms with Crippen LogP contribution in [0.4, 0.5) is 0 Å². The topological polar surface area (TPSA) is 26.0 Å². The largest absolute Gasteiger partial charge is 0.327 e. The van der Waals surface area contributed by atoms with Crippen molar-refractivity contribution in [1.29, 1.82) is 0 Å². The van der Waals surface area contributed by atoms with Crippen molar-refractivity contribution >= 4 is 0 Å². The van der Waals surface area contributed by atoms with Gasteiger partial charge < -0.3 is 5.73 Å². The van der Waals surface area contributed by atoms with Gasteiger partial charge in [-0.3, -0.25) is 0 Å². The van der Waals surface area contributed by atoms with Crippen LogP contribution in [0.25, 0.3) is 0 Å². The molecule has 1 heteroatoms. The van der Waals surface area contributed by atoms with Crippen molar-refractivity contribution in [2.24, 2.45) is 5.73 Å². The Balaban J connectivity index is 3.17. The Bertz CT molecular complexity index is 105. The molecule has 2 N–H and O–H groups in total. The van der Waals surface area contributed by atoms with E-state index < -0.39 is 0 Å². The zero-order valence-corrected chi connectivity index (χ0v) is 7.90. The van der Waals surface area contributed by atoms with Crippen LogP contribution in [0.15, 0.2) is 11.6 Å². The summed E-state index contributed by atoms with van der Waals surface area (Å²) in [5, 5.41) is 0. The minimum atomic E-state index is 0.694. The summed E-state index contributed by atoms with van der Waals surface area (Å²) in [6.45, 7) is 5.10. The second kappa shape index (κ2) is 7.80. The maximum Gasteiger partial charge on any atom is 0.0109 e. The van der Waals surface area contributed by atoms with Crippen LogP contribution in [0.5, 0.6) is 0 Å². The molecule has 0 bridgehead atoms. The molecule has 0 radical (unpaired) electrons. The Morgan fingerprint density at radius 3 is 2.55 bits per heavy atom. The van der Waals surface area contributed by atoms with Crippen LogP contribution in [-0.2, 0) is 0 Å². The van der Waals surface area contributed by atoms with Gasteiger partial charge in [-0.15, -0.1) is 0 Å². The highest BCUT2D eigenvalue weighted by Crippen LogP contribution is 2.08. The van der Waals surface area contributed by atoms with E-state index in [-0.39, 0.29) is 0 Å². The number of hydrogen-bond donors (Lipinski definition) is 1. The first-order valence-corrected chi connectivity index (χ1v) is 4.67. The number of hydrogen-bond acceptors (Lipinski definition) is 1. The molecule has 66 valence electrons. The standard InChI is InChI=1S/C10H21N/c1-3-4-5-6-7-10(2)8-9-11/h8H,3-7,9,11H2,1-2H3/b10-8+. The Labute approximate surface area is 70.7 Å². The minimum Gasteiger partial charge on any atom is -0.327 e. The van der Waals surface area contributed by atoms with Crippen LogP contribution >= 0.6 is 0 Å². The van der Waals surface area contributed by atoms with Crippen LogP contribution in [0.1, 0.15) is 46.0 Å². The highest BCUT2D eigenvalue weighted by atomic mass is 14.5. The lowest BCUT2D eigenvalue weighted by molar-refractivity contribution is 0.663. The molecular weight excluding hydrogens is 134 g/mol. The van der Waals surface area contributed by atoms with E-state index in [4.69, 9.17) is 5.73 Å². The number of allylic oxidation sites excluding steroid dienone is 1. The Kier molecular flexibility index (Phi) is 7.59. The summed E-state index contributed by atoms with van der Waals surface area (Å²) in [6, 6.07) is 0. The predicted molar refractivity (Wildman–Crippen MR) is 51.6 cm³/mol. The molecule has 0 aliphatic carbocycles. The van der Waals surface area contributed by atoms with Crippen LogP contribution in [-0.4, -0.2) is 6.54 Å². The maximum absolute atomic E-state index is 5.38. The molecule has 0 saturated carbocycles. The molecule has 0 aromatic rings. The van der Waals surface area contributed by atoms with Gasteiger partial charge in [-0.05, 0) is 19.8 Å². The number of unbranched alkanes of at least 4 members (excludes halogenated alkanes) is 3. The molecule has 0 aliphatic heterocycles. The summed E-state index contributed by atoms with van der Waals surface area (Å²) in [5.74, 6) is 0. The molecule has 0 amide bonds. The highest BCUT2D eigenvalue weighted by molar-refractivity contribution is 4.98. The molecule has 0 spiro atoms. The van der Waals surface area contributed by atoms with E-state index in [1.54, 1.807) is 0 Å². The van der Waals surface area contributed by atoms with Crippen molar-refractivity contribution in [1.82, 2.24) is 0 Å². The molecule has 0 heterocycles. The molecule has 0 atom stereocenters. The minimum absolute atomic E-state index is 0.694. The fraction of sp³-hybridized carbons (Fsp3) is 0.800. The summed E-state index contributed by atoms with van der Waals surface area (Å²) >= 11 is 0. The average Bonchev–Trinajstić information content (AvgIpc) is 1.99. The van der Waals surface area contributed by atoms with Gasteiger partial charge in [0.15, 0.2) is 0 Å². The van der Waals surface area contributed by atoms with Gasteiger partial charge in [-0.1, -0.05) is 37.8 Å². The summed E-state index contributed by atoms with van der Waals surface area (Å²) in [7, 11) is 0. The molecule has 0 saturated heterocycles. The van der Waals surface area contributed by atoms with Crippen molar-refractivity contribution < 1.29 is 0 Å². The van der Waals surface area contributed by atoms with Crippen molar-refractivity contribution in [3.05, 3.63) is 11.6 Å². The zero-order valence-electron chi connectivity index (χ0n) is 7.90. The Hall–Kier alpha value is -0.300. The van der Waals surface area contributed by atoms with Crippen LogP contribution < -0.4 is 5.73 Å². The summed E-state index contributed by atoms with van der Waals surface area (Å²) in [5.41, 5.74) is 6.83. The lowest BCUT2D eigenvalue weighted by Gasteiger charge is -1.99. The first kappa shape index (κ1) is 10.7. The quantitative estimate of drug-likeness (QED) is 0.463. The number of rotatable bonds is 6. The monoisotopic (exact) mass is 155 g/mol. The summed E-state index contributed by atoms with van der Waals surface area (Å²) < 4.78 is 0. The molecule has 0 rings (SSSR count). The van der Waals surface area contributed by atoms with Crippen LogP contribution in [0, 0.1) is 0 Å². The van der Waals surface area contributed by atoms with Crippen LogP contribution in [0.2, 0.25) is 0 Å². The fourth-order valence-corrected chi connectivity index (χ4v) is 1.13. The van der Waals surface area contributed by atoms with E-state index in [0.717, 1.165) is 0 Å². The first-order valence-electron chi connectivity index (χ1n) is 4.67. The van der Waals surface area contributed by atoms with Gasteiger partial charge >= 0.3 is 0 Å².